The van der Waals surface area contributed by atoms with Crippen molar-refractivity contribution in [2.75, 3.05) is 26.0 Å². The lowest BCUT2D eigenvalue weighted by atomic mass is 9.99. The molecule has 4 nitrogen and oxygen atoms in total. The number of amides is 1. The minimum atomic E-state index is -0.934. The van der Waals surface area contributed by atoms with Gasteiger partial charge in [0.2, 0.25) is 5.91 Å². The SMILES string of the molecule is COCCC(C)(O)CNC(=O)C1CSc2ccccc21. The van der Waals surface area contributed by atoms with Gasteiger partial charge in [-0.25, -0.2) is 0 Å². The maximum atomic E-state index is 12.3. The van der Waals surface area contributed by atoms with Gasteiger partial charge in [0.05, 0.1) is 11.5 Å². The summed E-state index contributed by atoms with van der Waals surface area (Å²) in [5, 5.41) is 13.0. The van der Waals surface area contributed by atoms with Crippen molar-refractivity contribution < 1.29 is 14.6 Å². The van der Waals surface area contributed by atoms with Crippen molar-refractivity contribution in [3.63, 3.8) is 0 Å². The average Bonchev–Trinajstić information content (AvgIpc) is 2.87. The number of methoxy groups -OCH3 is 1. The fraction of sp³-hybridized carbons (Fsp3) is 0.533. The van der Waals surface area contributed by atoms with Crippen LogP contribution in [0.4, 0.5) is 0 Å². The number of ether oxygens (including phenoxy) is 1. The number of rotatable bonds is 6. The molecule has 1 aromatic rings. The molecule has 0 spiro atoms. The maximum Gasteiger partial charge on any atom is 0.228 e. The van der Waals surface area contributed by atoms with E-state index in [-0.39, 0.29) is 18.4 Å². The molecule has 2 unspecified atom stereocenters. The van der Waals surface area contributed by atoms with Crippen LogP contribution in [-0.2, 0) is 9.53 Å². The number of hydrogen-bond donors (Lipinski definition) is 2. The molecule has 2 rings (SSSR count). The number of nitrogens with one attached hydrogen (secondary N) is 1. The van der Waals surface area contributed by atoms with E-state index in [2.05, 4.69) is 5.32 Å². The summed E-state index contributed by atoms with van der Waals surface area (Å²) in [7, 11) is 1.60. The van der Waals surface area contributed by atoms with E-state index < -0.39 is 5.60 Å². The average molecular weight is 295 g/mol. The van der Waals surface area contributed by atoms with Crippen molar-refractivity contribution in [1.82, 2.24) is 5.32 Å². The van der Waals surface area contributed by atoms with Gasteiger partial charge in [-0.1, -0.05) is 18.2 Å². The molecule has 5 heteroatoms. The fourth-order valence-corrected chi connectivity index (χ4v) is 3.42. The third kappa shape index (κ3) is 3.75. The Kier molecular flexibility index (Phi) is 5.07. The van der Waals surface area contributed by atoms with Gasteiger partial charge in [0, 0.05) is 37.3 Å². The quantitative estimate of drug-likeness (QED) is 0.840. The lowest BCUT2D eigenvalue weighted by molar-refractivity contribution is -0.123. The van der Waals surface area contributed by atoms with Crippen LogP contribution in [0.1, 0.15) is 24.8 Å². The van der Waals surface area contributed by atoms with Gasteiger partial charge in [-0.3, -0.25) is 4.79 Å². The first-order chi connectivity index (χ1) is 9.53. The fourth-order valence-electron chi connectivity index (χ4n) is 2.19. The molecule has 2 N–H and O–H groups in total. The first-order valence-electron chi connectivity index (χ1n) is 6.74. The summed E-state index contributed by atoms with van der Waals surface area (Å²) in [4.78, 5) is 13.4. The smallest absolute Gasteiger partial charge is 0.228 e. The highest BCUT2D eigenvalue weighted by atomic mass is 32.2. The molecule has 0 bridgehead atoms. The van der Waals surface area contributed by atoms with E-state index in [1.54, 1.807) is 25.8 Å². The van der Waals surface area contributed by atoms with Gasteiger partial charge in [-0.2, -0.15) is 0 Å². The molecule has 0 aliphatic carbocycles. The molecule has 110 valence electrons. The Hall–Kier alpha value is -1.04. The van der Waals surface area contributed by atoms with Crippen molar-refractivity contribution >= 4 is 17.7 Å². The molecular formula is C15H21NO3S. The largest absolute Gasteiger partial charge is 0.388 e. The summed E-state index contributed by atoms with van der Waals surface area (Å²) in [5.74, 6) is 0.639. The molecule has 1 heterocycles. The number of carbonyl (C=O) groups excluding carboxylic acids is 1. The Labute approximate surface area is 123 Å². The summed E-state index contributed by atoms with van der Waals surface area (Å²) in [6.45, 7) is 2.44. The zero-order valence-electron chi connectivity index (χ0n) is 11.9. The van der Waals surface area contributed by atoms with Crippen molar-refractivity contribution in [2.45, 2.75) is 29.8 Å². The van der Waals surface area contributed by atoms with E-state index in [1.165, 1.54) is 4.90 Å². The first kappa shape index (κ1) is 15.4. The molecule has 1 aliphatic heterocycles. The molecule has 0 aromatic heterocycles. The molecule has 0 saturated heterocycles. The second-order valence-electron chi connectivity index (χ2n) is 5.36. The van der Waals surface area contributed by atoms with Gasteiger partial charge in [0.25, 0.3) is 0 Å². The molecule has 0 fully saturated rings. The number of fused-ring (bicyclic) bond motifs is 1. The van der Waals surface area contributed by atoms with Crippen LogP contribution in [0, 0.1) is 0 Å². The molecule has 1 aromatic carbocycles. The maximum absolute atomic E-state index is 12.3. The summed E-state index contributed by atoms with van der Waals surface area (Å²) < 4.78 is 4.95. The molecule has 1 aliphatic rings. The first-order valence-corrected chi connectivity index (χ1v) is 7.73. The lowest BCUT2D eigenvalue weighted by Gasteiger charge is -2.24. The highest BCUT2D eigenvalue weighted by Gasteiger charge is 2.30. The second kappa shape index (κ2) is 6.61. The lowest BCUT2D eigenvalue weighted by Crippen LogP contribution is -2.43. The Bertz CT molecular complexity index is 476. The van der Waals surface area contributed by atoms with Crippen LogP contribution in [0.25, 0.3) is 0 Å². The standard InChI is InChI=1S/C15H21NO3S/c1-15(18,7-8-19-2)10-16-14(17)12-9-20-13-6-4-3-5-11(12)13/h3-6,12,18H,7-10H2,1-2H3,(H,16,17). The van der Waals surface area contributed by atoms with Gasteiger partial charge in [0.1, 0.15) is 0 Å². The molecule has 20 heavy (non-hydrogen) atoms. The third-order valence-corrected chi connectivity index (χ3v) is 4.69. The Morgan fingerprint density at radius 3 is 3.05 bits per heavy atom. The van der Waals surface area contributed by atoms with Crippen molar-refractivity contribution in [1.29, 1.82) is 0 Å². The number of aliphatic hydroxyl groups is 1. The van der Waals surface area contributed by atoms with Gasteiger partial charge in [0.15, 0.2) is 0 Å². The van der Waals surface area contributed by atoms with Crippen LogP contribution in [-0.4, -0.2) is 42.6 Å². The van der Waals surface area contributed by atoms with Crippen LogP contribution in [0.2, 0.25) is 0 Å². The van der Waals surface area contributed by atoms with E-state index in [1.807, 2.05) is 24.3 Å². The topological polar surface area (TPSA) is 58.6 Å². The van der Waals surface area contributed by atoms with E-state index in [0.29, 0.717) is 13.0 Å². The van der Waals surface area contributed by atoms with Crippen LogP contribution in [0.3, 0.4) is 0 Å². The van der Waals surface area contributed by atoms with Gasteiger partial charge in [-0.15, -0.1) is 11.8 Å². The summed E-state index contributed by atoms with van der Waals surface area (Å²) in [6, 6.07) is 7.99. The summed E-state index contributed by atoms with van der Waals surface area (Å²) >= 11 is 1.71. The van der Waals surface area contributed by atoms with E-state index in [4.69, 9.17) is 4.74 Å². The highest BCUT2D eigenvalue weighted by molar-refractivity contribution is 7.99. The van der Waals surface area contributed by atoms with E-state index >= 15 is 0 Å². The van der Waals surface area contributed by atoms with Gasteiger partial charge >= 0.3 is 0 Å². The molecule has 0 radical (unpaired) electrons. The van der Waals surface area contributed by atoms with E-state index in [0.717, 1.165) is 11.3 Å². The third-order valence-electron chi connectivity index (χ3n) is 3.50. The molecule has 2 atom stereocenters. The predicted molar refractivity (Wildman–Crippen MR) is 80.0 cm³/mol. The van der Waals surface area contributed by atoms with Gasteiger partial charge in [-0.05, 0) is 18.6 Å². The minimum absolute atomic E-state index is 0.0138. The van der Waals surface area contributed by atoms with Crippen LogP contribution < -0.4 is 5.32 Å². The zero-order chi connectivity index (χ0) is 14.6. The number of hydrogen-bond acceptors (Lipinski definition) is 4. The Balaban J connectivity index is 1.90. The second-order valence-corrected chi connectivity index (χ2v) is 6.42. The van der Waals surface area contributed by atoms with E-state index in [9.17, 15) is 9.90 Å². The molecule has 0 saturated carbocycles. The molecule has 1 amide bonds. The van der Waals surface area contributed by atoms with Gasteiger partial charge < -0.3 is 15.2 Å². The van der Waals surface area contributed by atoms with Crippen molar-refractivity contribution in [3.8, 4) is 0 Å². The summed E-state index contributed by atoms with van der Waals surface area (Å²) in [6.07, 6.45) is 0.500. The van der Waals surface area contributed by atoms with Crippen LogP contribution in [0.15, 0.2) is 29.2 Å². The Morgan fingerprint density at radius 1 is 1.55 bits per heavy atom. The van der Waals surface area contributed by atoms with Crippen molar-refractivity contribution in [2.24, 2.45) is 0 Å². The van der Waals surface area contributed by atoms with Crippen molar-refractivity contribution in [3.05, 3.63) is 29.8 Å². The summed E-state index contributed by atoms with van der Waals surface area (Å²) in [5.41, 5.74) is 0.156. The molecular weight excluding hydrogens is 274 g/mol. The van der Waals surface area contributed by atoms with Crippen LogP contribution >= 0.6 is 11.8 Å². The zero-order valence-corrected chi connectivity index (χ0v) is 12.7. The number of benzene rings is 1. The van der Waals surface area contributed by atoms with Crippen LogP contribution in [0.5, 0.6) is 0 Å². The highest BCUT2D eigenvalue weighted by Crippen LogP contribution is 2.39. The number of carbonyl (C=O) groups is 1. The number of thioether (sulfide) groups is 1. The monoisotopic (exact) mass is 295 g/mol. The Morgan fingerprint density at radius 2 is 2.30 bits per heavy atom. The minimum Gasteiger partial charge on any atom is -0.388 e. The normalized spacial score (nSPS) is 20.2. The predicted octanol–water partition coefficient (Wildman–Crippen LogP) is 1.78.